The molecule has 0 aromatic heterocycles. The van der Waals surface area contributed by atoms with Crippen LogP contribution in [0, 0.1) is 0 Å². The fourth-order valence-electron chi connectivity index (χ4n) is 0.482. The summed E-state index contributed by atoms with van der Waals surface area (Å²) in [5.74, 6) is -2.28. The van der Waals surface area contributed by atoms with E-state index in [2.05, 4.69) is 13.6 Å². The fraction of sp³-hybridized carbons (Fsp3) is 0.500. The van der Waals surface area contributed by atoms with Crippen molar-refractivity contribution in [2.45, 2.75) is 6.92 Å². The summed E-state index contributed by atoms with van der Waals surface area (Å²) < 4.78 is 32.0. The van der Waals surface area contributed by atoms with Crippen LogP contribution < -0.4 is 0 Å². The Balaban J connectivity index is 4.20. The second-order valence-electron chi connectivity index (χ2n) is 2.28. The van der Waals surface area contributed by atoms with Gasteiger partial charge in [0, 0.05) is 6.92 Å². The fourth-order valence-corrected chi connectivity index (χ4v) is 2.01. The van der Waals surface area contributed by atoms with Crippen molar-refractivity contribution < 1.29 is 47.0 Å². The van der Waals surface area contributed by atoms with Gasteiger partial charge in [-0.25, -0.2) is 13.9 Å². The van der Waals surface area contributed by atoms with Crippen molar-refractivity contribution in [2.75, 3.05) is 6.61 Å². The maximum absolute atomic E-state index is 10.7. The number of phosphoric ester groups is 1. The molecule has 0 aromatic rings. The van der Waals surface area contributed by atoms with Crippen molar-refractivity contribution in [3.63, 3.8) is 0 Å². The zero-order valence-electron chi connectivity index (χ0n) is 7.80. The van der Waals surface area contributed by atoms with Crippen LogP contribution >= 0.6 is 15.6 Å². The molecule has 0 aliphatic rings. The molecule has 94 valence electrons. The van der Waals surface area contributed by atoms with Crippen LogP contribution in [0.4, 0.5) is 0 Å². The van der Waals surface area contributed by atoms with Gasteiger partial charge >= 0.3 is 27.6 Å². The lowest BCUT2D eigenvalue weighted by Crippen LogP contribution is -2.14. The molecule has 1 atom stereocenters. The van der Waals surface area contributed by atoms with Gasteiger partial charge in [-0.3, -0.25) is 9.32 Å². The molecule has 0 saturated heterocycles. The number of hydrogen-bond acceptors (Lipinski definition) is 7. The third kappa shape index (κ3) is 8.69. The standard InChI is InChI=1S/C4H8O10P2/c1-3(5)13-4(6)2-12-16(10,11)14-15(7,8)9/h2H2,1H3,(H,10,11)(H2,7,8,9). The Hall–Kier alpha value is -0.600. The van der Waals surface area contributed by atoms with Crippen molar-refractivity contribution in [3.05, 3.63) is 0 Å². The van der Waals surface area contributed by atoms with Crippen molar-refractivity contribution >= 4 is 27.6 Å². The van der Waals surface area contributed by atoms with Gasteiger partial charge in [0.2, 0.25) is 0 Å². The number of rotatable bonds is 5. The first kappa shape index (κ1) is 15.4. The van der Waals surface area contributed by atoms with Crippen molar-refractivity contribution in [1.82, 2.24) is 0 Å². The number of hydrogen-bond donors (Lipinski definition) is 3. The number of carbonyl (C=O) groups is 2. The summed E-state index contributed by atoms with van der Waals surface area (Å²) in [4.78, 5) is 45.8. The highest BCUT2D eigenvalue weighted by atomic mass is 31.3. The number of carbonyl (C=O) groups excluding carboxylic acids is 2. The molecule has 0 aliphatic heterocycles. The highest BCUT2D eigenvalue weighted by Gasteiger charge is 2.33. The lowest BCUT2D eigenvalue weighted by Gasteiger charge is -2.11. The molecule has 0 amide bonds. The second kappa shape index (κ2) is 5.65. The van der Waals surface area contributed by atoms with Crippen LogP contribution in [0.3, 0.4) is 0 Å². The molecule has 10 nitrogen and oxygen atoms in total. The van der Waals surface area contributed by atoms with E-state index in [9.17, 15) is 18.7 Å². The van der Waals surface area contributed by atoms with Gasteiger partial charge in [0.25, 0.3) is 0 Å². The van der Waals surface area contributed by atoms with Crippen molar-refractivity contribution in [2.24, 2.45) is 0 Å². The van der Waals surface area contributed by atoms with Crippen molar-refractivity contribution in [1.29, 1.82) is 0 Å². The third-order valence-corrected chi connectivity index (χ3v) is 2.94. The first-order valence-corrected chi connectivity index (χ1v) is 6.50. The first-order chi connectivity index (χ1) is 7.02. The molecule has 0 saturated carbocycles. The molecular weight excluding hydrogens is 270 g/mol. The Morgan fingerprint density at radius 3 is 2.06 bits per heavy atom. The molecule has 3 N–H and O–H groups in total. The van der Waals surface area contributed by atoms with E-state index in [1.165, 1.54) is 0 Å². The van der Waals surface area contributed by atoms with Crippen LogP contribution in [-0.4, -0.2) is 33.2 Å². The average molecular weight is 278 g/mol. The van der Waals surface area contributed by atoms with Crippen LogP contribution in [-0.2, 0) is 32.3 Å². The van der Waals surface area contributed by atoms with Crippen LogP contribution in [0.2, 0.25) is 0 Å². The van der Waals surface area contributed by atoms with E-state index in [0.29, 0.717) is 0 Å². The lowest BCUT2D eigenvalue weighted by molar-refractivity contribution is -0.159. The molecule has 0 rings (SSSR count). The molecule has 0 bridgehead atoms. The van der Waals surface area contributed by atoms with E-state index in [4.69, 9.17) is 14.7 Å². The predicted octanol–water partition coefficient (Wildman–Crippen LogP) is -0.698. The summed E-state index contributed by atoms with van der Waals surface area (Å²) in [6.07, 6.45) is 0. The molecule has 0 aliphatic carbocycles. The molecule has 0 radical (unpaired) electrons. The van der Waals surface area contributed by atoms with Crippen molar-refractivity contribution in [3.8, 4) is 0 Å². The van der Waals surface area contributed by atoms with Gasteiger partial charge in [-0.15, -0.1) is 0 Å². The SMILES string of the molecule is CC(=O)OC(=O)COP(=O)(O)OP(=O)(O)O. The minimum Gasteiger partial charge on any atom is -0.392 e. The molecule has 0 fully saturated rings. The molecule has 0 aromatic carbocycles. The number of ether oxygens (including phenoxy) is 1. The number of esters is 2. The van der Waals surface area contributed by atoms with E-state index in [0.717, 1.165) is 6.92 Å². The maximum atomic E-state index is 10.7. The minimum absolute atomic E-state index is 0.905. The van der Waals surface area contributed by atoms with Gasteiger partial charge in [0.15, 0.2) is 6.61 Å². The van der Waals surface area contributed by atoms with E-state index >= 15 is 0 Å². The minimum atomic E-state index is -5.23. The van der Waals surface area contributed by atoms with E-state index in [-0.39, 0.29) is 0 Å². The third-order valence-electron chi connectivity index (χ3n) is 0.813. The topological polar surface area (TPSA) is 157 Å². The Morgan fingerprint density at radius 2 is 1.69 bits per heavy atom. The van der Waals surface area contributed by atoms with E-state index < -0.39 is 34.2 Å². The molecule has 16 heavy (non-hydrogen) atoms. The average Bonchev–Trinajstić information content (AvgIpc) is 1.95. The normalized spacial score (nSPS) is 15.2. The molecule has 0 heterocycles. The highest BCUT2D eigenvalue weighted by molar-refractivity contribution is 7.60. The van der Waals surface area contributed by atoms with Crippen LogP contribution in [0.15, 0.2) is 0 Å². The Labute approximate surface area is 89.0 Å². The van der Waals surface area contributed by atoms with Gasteiger partial charge in [-0.2, -0.15) is 4.31 Å². The monoisotopic (exact) mass is 278 g/mol. The maximum Gasteiger partial charge on any atom is 0.481 e. The summed E-state index contributed by atoms with van der Waals surface area (Å²) >= 11 is 0. The molecule has 0 spiro atoms. The highest BCUT2D eigenvalue weighted by Crippen LogP contribution is 2.57. The van der Waals surface area contributed by atoms with Gasteiger partial charge in [0.1, 0.15) is 0 Å². The smallest absolute Gasteiger partial charge is 0.392 e. The second-order valence-corrected chi connectivity index (χ2v) is 5.11. The predicted molar refractivity (Wildman–Crippen MR) is 45.7 cm³/mol. The van der Waals surface area contributed by atoms with Gasteiger partial charge < -0.3 is 19.4 Å². The lowest BCUT2D eigenvalue weighted by atomic mass is 10.7. The molecular formula is C4H8O10P2. The van der Waals surface area contributed by atoms with Crippen LogP contribution in [0.1, 0.15) is 6.92 Å². The summed E-state index contributed by atoms with van der Waals surface area (Å²) in [7, 11) is -10.3. The van der Waals surface area contributed by atoms with Gasteiger partial charge in [0.05, 0.1) is 0 Å². The molecule has 1 unspecified atom stereocenters. The molecule has 12 heteroatoms. The van der Waals surface area contributed by atoms with Gasteiger partial charge in [-0.1, -0.05) is 0 Å². The van der Waals surface area contributed by atoms with E-state index in [1.54, 1.807) is 0 Å². The zero-order chi connectivity index (χ0) is 13.0. The summed E-state index contributed by atoms with van der Waals surface area (Å²) in [6, 6.07) is 0. The Morgan fingerprint density at radius 1 is 1.19 bits per heavy atom. The van der Waals surface area contributed by atoms with E-state index in [1.807, 2.05) is 0 Å². The Kier molecular flexibility index (Phi) is 5.43. The zero-order valence-corrected chi connectivity index (χ0v) is 9.59. The summed E-state index contributed by atoms with van der Waals surface area (Å²) in [6.45, 7) is -0.268. The quantitative estimate of drug-likeness (QED) is 0.333. The first-order valence-electron chi connectivity index (χ1n) is 3.47. The van der Waals surface area contributed by atoms with Crippen LogP contribution in [0.5, 0.6) is 0 Å². The summed E-state index contributed by atoms with van der Waals surface area (Å²) in [5.41, 5.74) is 0. The largest absolute Gasteiger partial charge is 0.481 e. The number of phosphoric acid groups is 2. The van der Waals surface area contributed by atoms with Crippen LogP contribution in [0.25, 0.3) is 0 Å². The Bertz CT molecular complexity index is 367. The summed E-state index contributed by atoms with van der Waals surface area (Å²) in [5, 5.41) is 0. The van der Waals surface area contributed by atoms with Gasteiger partial charge in [-0.05, 0) is 0 Å².